The van der Waals surface area contributed by atoms with Crippen LogP contribution in [0.25, 0.3) is 11.0 Å². The van der Waals surface area contributed by atoms with Gasteiger partial charge in [-0.2, -0.15) is 0 Å². The Kier molecular flexibility index (Phi) is 7.99. The summed E-state index contributed by atoms with van der Waals surface area (Å²) < 4.78 is 1.80. The molecule has 0 aliphatic carbocycles. The number of carboxylic acids is 1. The molecule has 160 valence electrons. The van der Waals surface area contributed by atoms with Crippen molar-refractivity contribution < 1.29 is 40.9 Å². The minimum atomic E-state index is -1.00. The van der Waals surface area contributed by atoms with Crippen LogP contribution in [0.1, 0.15) is 37.1 Å². The number of aryl methyl sites for hydroxylation is 1. The van der Waals surface area contributed by atoms with E-state index in [0.29, 0.717) is 11.9 Å². The minimum Gasteiger partial charge on any atom is -1.00 e. The molecule has 4 rings (SSSR count). The van der Waals surface area contributed by atoms with Gasteiger partial charge in [-0.3, -0.25) is 4.90 Å². The van der Waals surface area contributed by atoms with Gasteiger partial charge in [0.1, 0.15) is 5.52 Å². The van der Waals surface area contributed by atoms with Gasteiger partial charge in [0.05, 0.1) is 11.1 Å². The standard InChI is InChI=1S/C21H27N7O2.Na.H/c1-3-27(14-16-4-5-19-18(10-16)24-25-26(19)2)13-15-6-8-28(9-7-15)21-22-11-17(12-23-21)20(29)30;;/h4-5,10-12,15H,3,6-9,13-14H2,1-2H3,(H,29,30);;/q;+1;-1. The molecular formula is C21H28N7NaO2. The zero-order valence-electron chi connectivity index (χ0n) is 19.4. The van der Waals surface area contributed by atoms with Crippen LogP contribution in [0.3, 0.4) is 0 Å². The van der Waals surface area contributed by atoms with E-state index in [9.17, 15) is 4.79 Å². The van der Waals surface area contributed by atoms with Crippen LogP contribution in [0.5, 0.6) is 0 Å². The van der Waals surface area contributed by atoms with Crippen molar-refractivity contribution in [1.29, 1.82) is 0 Å². The van der Waals surface area contributed by atoms with E-state index in [-0.39, 0.29) is 36.5 Å². The molecule has 1 N–H and O–H groups in total. The van der Waals surface area contributed by atoms with Crippen LogP contribution in [0.4, 0.5) is 5.95 Å². The van der Waals surface area contributed by atoms with Gasteiger partial charge in [-0.05, 0) is 43.0 Å². The van der Waals surface area contributed by atoms with Crippen molar-refractivity contribution in [1.82, 2.24) is 29.9 Å². The molecule has 1 aliphatic heterocycles. The molecule has 0 saturated carbocycles. The molecule has 3 heterocycles. The third-order valence-corrected chi connectivity index (χ3v) is 5.83. The second-order valence-electron chi connectivity index (χ2n) is 7.87. The van der Waals surface area contributed by atoms with Gasteiger partial charge in [0.25, 0.3) is 0 Å². The van der Waals surface area contributed by atoms with Crippen molar-refractivity contribution in [2.24, 2.45) is 13.0 Å². The number of benzene rings is 1. The van der Waals surface area contributed by atoms with Gasteiger partial charge in [0, 0.05) is 45.6 Å². The van der Waals surface area contributed by atoms with Crippen LogP contribution >= 0.6 is 0 Å². The van der Waals surface area contributed by atoms with Gasteiger partial charge < -0.3 is 11.4 Å². The maximum atomic E-state index is 11.0. The van der Waals surface area contributed by atoms with Crippen molar-refractivity contribution in [3.05, 3.63) is 41.7 Å². The van der Waals surface area contributed by atoms with Crippen molar-refractivity contribution in [3.63, 3.8) is 0 Å². The van der Waals surface area contributed by atoms with E-state index in [0.717, 1.165) is 56.6 Å². The molecule has 10 heteroatoms. The maximum absolute atomic E-state index is 11.0. The largest absolute Gasteiger partial charge is 1.00 e. The van der Waals surface area contributed by atoms with Crippen LogP contribution in [0, 0.1) is 5.92 Å². The Balaban J connectivity index is 0.00000181. The van der Waals surface area contributed by atoms with Gasteiger partial charge in [0.2, 0.25) is 5.95 Å². The van der Waals surface area contributed by atoms with Crippen LogP contribution in [-0.4, -0.2) is 67.1 Å². The van der Waals surface area contributed by atoms with E-state index in [1.54, 1.807) is 4.68 Å². The van der Waals surface area contributed by atoms with E-state index < -0.39 is 5.97 Å². The van der Waals surface area contributed by atoms with Gasteiger partial charge in [-0.15, -0.1) is 5.10 Å². The number of carbonyl (C=O) groups is 1. The summed E-state index contributed by atoms with van der Waals surface area (Å²) in [5, 5.41) is 17.3. The minimum absolute atomic E-state index is 0. The molecule has 1 fully saturated rings. The van der Waals surface area contributed by atoms with E-state index in [1.807, 2.05) is 7.05 Å². The summed E-state index contributed by atoms with van der Waals surface area (Å²) in [5.74, 6) is 0.237. The van der Waals surface area contributed by atoms with Gasteiger partial charge in [0.15, 0.2) is 0 Å². The molecule has 0 radical (unpaired) electrons. The number of aromatic carboxylic acids is 1. The number of anilines is 1. The fraction of sp³-hybridized carbons (Fsp3) is 0.476. The molecule has 2 aromatic heterocycles. The first-order valence-electron chi connectivity index (χ1n) is 10.3. The Hall–Kier alpha value is -2.07. The fourth-order valence-electron chi connectivity index (χ4n) is 4.02. The molecular weight excluding hydrogens is 405 g/mol. The van der Waals surface area contributed by atoms with Gasteiger partial charge in [-0.25, -0.2) is 19.4 Å². The number of fused-ring (bicyclic) bond motifs is 1. The molecule has 1 saturated heterocycles. The zero-order valence-corrected chi connectivity index (χ0v) is 20.4. The first kappa shape index (κ1) is 23.6. The Bertz CT molecular complexity index is 1020. The summed E-state index contributed by atoms with van der Waals surface area (Å²) in [7, 11) is 1.91. The molecule has 0 bridgehead atoms. The van der Waals surface area contributed by atoms with Crippen LogP contribution in [0.15, 0.2) is 30.6 Å². The van der Waals surface area contributed by atoms with E-state index in [2.05, 4.69) is 55.2 Å². The predicted octanol–water partition coefficient (Wildman–Crippen LogP) is -0.688. The second kappa shape index (κ2) is 10.5. The molecule has 0 spiro atoms. The summed E-state index contributed by atoms with van der Waals surface area (Å²) in [6, 6.07) is 6.38. The van der Waals surface area contributed by atoms with Crippen molar-refractivity contribution >= 4 is 23.0 Å². The van der Waals surface area contributed by atoms with E-state index in [1.165, 1.54) is 18.0 Å². The molecule has 1 aliphatic rings. The second-order valence-corrected chi connectivity index (χ2v) is 7.87. The van der Waals surface area contributed by atoms with Crippen molar-refractivity contribution in [2.45, 2.75) is 26.3 Å². The number of aromatic nitrogens is 5. The van der Waals surface area contributed by atoms with Crippen LogP contribution < -0.4 is 34.5 Å². The monoisotopic (exact) mass is 433 g/mol. The summed E-state index contributed by atoms with van der Waals surface area (Å²) in [4.78, 5) is 24.0. The Morgan fingerprint density at radius 1 is 1.26 bits per heavy atom. The summed E-state index contributed by atoms with van der Waals surface area (Å²) in [6.07, 6.45) is 4.90. The van der Waals surface area contributed by atoms with Gasteiger partial charge >= 0.3 is 35.5 Å². The van der Waals surface area contributed by atoms with E-state index >= 15 is 0 Å². The molecule has 0 atom stereocenters. The number of hydrogen-bond donors (Lipinski definition) is 1. The third-order valence-electron chi connectivity index (χ3n) is 5.83. The van der Waals surface area contributed by atoms with Crippen molar-refractivity contribution in [2.75, 3.05) is 31.1 Å². The fourth-order valence-corrected chi connectivity index (χ4v) is 4.02. The first-order chi connectivity index (χ1) is 14.5. The Labute approximate surface area is 205 Å². The quantitative estimate of drug-likeness (QED) is 0.489. The number of piperidine rings is 1. The number of rotatable bonds is 7. The number of carboxylic acid groups (broad SMARTS) is 1. The predicted molar refractivity (Wildman–Crippen MR) is 115 cm³/mol. The average molecular weight is 433 g/mol. The smallest absolute Gasteiger partial charge is 1.00 e. The Morgan fingerprint density at radius 2 is 1.97 bits per heavy atom. The third kappa shape index (κ3) is 5.60. The summed E-state index contributed by atoms with van der Waals surface area (Å²) in [5.41, 5.74) is 3.36. The molecule has 31 heavy (non-hydrogen) atoms. The van der Waals surface area contributed by atoms with E-state index in [4.69, 9.17) is 5.11 Å². The number of nitrogens with zero attached hydrogens (tertiary/aromatic N) is 7. The van der Waals surface area contributed by atoms with Crippen LogP contribution in [0.2, 0.25) is 0 Å². The average Bonchev–Trinajstić information content (AvgIpc) is 3.14. The zero-order chi connectivity index (χ0) is 21.1. The van der Waals surface area contributed by atoms with Crippen molar-refractivity contribution in [3.8, 4) is 0 Å². The molecule has 0 unspecified atom stereocenters. The topological polar surface area (TPSA) is 100 Å². The maximum Gasteiger partial charge on any atom is 1.00 e. The molecule has 1 aromatic carbocycles. The first-order valence-corrected chi connectivity index (χ1v) is 10.3. The molecule has 0 amide bonds. The normalized spacial score (nSPS) is 14.7. The Morgan fingerprint density at radius 3 is 2.61 bits per heavy atom. The SMILES string of the molecule is CCN(Cc1ccc2c(c1)nnn2C)CC1CCN(c2ncc(C(=O)O)cn2)CC1.[H-].[Na+]. The summed E-state index contributed by atoms with van der Waals surface area (Å²) in [6.45, 7) is 6.94. The number of hydrogen-bond acceptors (Lipinski definition) is 7. The van der Waals surface area contributed by atoms with Crippen LogP contribution in [-0.2, 0) is 13.6 Å². The molecule has 9 nitrogen and oxygen atoms in total. The summed E-state index contributed by atoms with van der Waals surface area (Å²) >= 11 is 0. The molecule has 3 aromatic rings. The van der Waals surface area contributed by atoms with Gasteiger partial charge in [-0.1, -0.05) is 18.2 Å².